The summed E-state index contributed by atoms with van der Waals surface area (Å²) >= 11 is 0. The maximum Gasteiger partial charge on any atom is 0.230 e. The fraction of sp³-hybridized carbons (Fsp3) is 0.125. The molecule has 116 valence electrons. The molecule has 2 aromatic carbocycles. The summed E-state index contributed by atoms with van der Waals surface area (Å²) in [4.78, 5) is 25.4. The number of hydrogen-bond acceptors (Lipinski definition) is 5. The molecule has 7 heteroatoms. The van der Waals surface area contributed by atoms with E-state index >= 15 is 0 Å². The van der Waals surface area contributed by atoms with Crippen LogP contribution in [-0.4, -0.2) is 31.9 Å². The first-order chi connectivity index (χ1) is 11.0. The zero-order valence-corrected chi connectivity index (χ0v) is 12.6. The molecule has 0 fully saturated rings. The van der Waals surface area contributed by atoms with Crippen molar-refractivity contribution in [3.05, 3.63) is 42.5 Å². The molecule has 1 heterocycles. The van der Waals surface area contributed by atoms with Gasteiger partial charge in [0.05, 0.1) is 5.69 Å². The lowest BCUT2D eigenvalue weighted by Crippen LogP contribution is -2.32. The average Bonchev–Trinajstić information content (AvgIpc) is 2.90. The Morgan fingerprint density at radius 1 is 1.00 bits per heavy atom. The van der Waals surface area contributed by atoms with E-state index in [9.17, 15) is 14.7 Å². The van der Waals surface area contributed by atoms with Gasteiger partial charge in [0.15, 0.2) is 0 Å². The van der Waals surface area contributed by atoms with Gasteiger partial charge in [-0.3, -0.25) is 14.5 Å². The van der Waals surface area contributed by atoms with Crippen LogP contribution in [0.4, 0.5) is 5.69 Å². The number of hydrogen-bond donors (Lipinski definition) is 1. The summed E-state index contributed by atoms with van der Waals surface area (Å²) in [5.41, 5.74) is 2.05. The zero-order valence-electron chi connectivity index (χ0n) is 12.6. The van der Waals surface area contributed by atoms with Crippen LogP contribution in [0.15, 0.2) is 42.5 Å². The van der Waals surface area contributed by atoms with E-state index in [1.807, 2.05) is 24.3 Å². The number of benzene rings is 2. The van der Waals surface area contributed by atoms with Crippen molar-refractivity contribution >= 4 is 28.5 Å². The molecule has 7 nitrogen and oxygen atoms in total. The smallest absolute Gasteiger partial charge is 0.230 e. The summed E-state index contributed by atoms with van der Waals surface area (Å²) in [5, 5.41) is 18.8. The summed E-state index contributed by atoms with van der Waals surface area (Å²) in [5.74, 6) is -0.976. The lowest BCUT2D eigenvalue weighted by molar-refractivity contribution is -0.124. The van der Waals surface area contributed by atoms with Crippen molar-refractivity contribution in [3.63, 3.8) is 0 Å². The zero-order chi connectivity index (χ0) is 16.6. The molecule has 0 radical (unpaired) electrons. The average molecular weight is 310 g/mol. The van der Waals surface area contributed by atoms with E-state index in [4.69, 9.17) is 0 Å². The molecule has 3 aromatic rings. The predicted octanol–water partition coefficient (Wildman–Crippen LogP) is 2.03. The number of carbonyl (C=O) groups excluding carboxylic acids is 2. The topological polar surface area (TPSA) is 88.3 Å². The molecule has 0 aliphatic rings. The van der Waals surface area contributed by atoms with E-state index in [2.05, 4.69) is 10.2 Å². The van der Waals surface area contributed by atoms with Gasteiger partial charge in [-0.25, -0.2) is 0 Å². The lowest BCUT2D eigenvalue weighted by Gasteiger charge is -2.17. The van der Waals surface area contributed by atoms with Gasteiger partial charge in [0, 0.05) is 19.9 Å². The van der Waals surface area contributed by atoms with Crippen molar-refractivity contribution in [2.24, 2.45) is 0 Å². The van der Waals surface area contributed by atoms with E-state index in [0.717, 1.165) is 4.90 Å². The Labute approximate surface area is 131 Å². The van der Waals surface area contributed by atoms with Crippen molar-refractivity contribution in [2.45, 2.75) is 13.8 Å². The highest BCUT2D eigenvalue weighted by Crippen LogP contribution is 2.27. The minimum absolute atomic E-state index is 0.129. The fourth-order valence-electron chi connectivity index (χ4n) is 2.37. The molecule has 0 saturated carbocycles. The maximum atomic E-state index is 11.6. The summed E-state index contributed by atoms with van der Waals surface area (Å²) in [6.07, 6.45) is 0. The van der Waals surface area contributed by atoms with Gasteiger partial charge < -0.3 is 5.11 Å². The van der Waals surface area contributed by atoms with Crippen molar-refractivity contribution in [1.82, 2.24) is 15.0 Å². The van der Waals surface area contributed by atoms with Gasteiger partial charge in [0.2, 0.25) is 11.8 Å². The fourth-order valence-corrected chi connectivity index (χ4v) is 2.37. The Morgan fingerprint density at radius 2 is 1.57 bits per heavy atom. The normalized spacial score (nSPS) is 10.7. The third-order valence-electron chi connectivity index (χ3n) is 3.35. The monoisotopic (exact) mass is 310 g/mol. The molecule has 3 rings (SSSR count). The van der Waals surface area contributed by atoms with Crippen molar-refractivity contribution < 1.29 is 14.7 Å². The summed E-state index contributed by atoms with van der Waals surface area (Å²) < 4.78 is 0. The summed E-state index contributed by atoms with van der Waals surface area (Å²) in [6, 6.07) is 11.8. The largest absolute Gasteiger partial charge is 0.506 e. The SMILES string of the molecule is CC(=O)N(C(C)=O)c1ccc(-n2nc3ccccc3n2)c(O)c1. The number of nitrogens with zero attached hydrogens (tertiary/aromatic N) is 4. The van der Waals surface area contributed by atoms with Crippen LogP contribution in [0.25, 0.3) is 16.7 Å². The van der Waals surface area contributed by atoms with Gasteiger partial charge in [-0.2, -0.15) is 0 Å². The molecular weight excluding hydrogens is 296 g/mol. The Kier molecular flexibility index (Phi) is 3.53. The number of imide groups is 1. The molecule has 0 atom stereocenters. The summed E-state index contributed by atoms with van der Waals surface area (Å²) in [7, 11) is 0. The third kappa shape index (κ3) is 2.64. The number of phenols is 1. The number of carbonyl (C=O) groups is 2. The number of aromatic nitrogens is 3. The third-order valence-corrected chi connectivity index (χ3v) is 3.35. The Bertz CT molecular complexity index is 870. The number of phenolic OH excluding ortho intramolecular Hbond substituents is 1. The van der Waals surface area contributed by atoms with Gasteiger partial charge >= 0.3 is 0 Å². The molecule has 0 aliphatic heterocycles. The maximum absolute atomic E-state index is 11.6. The second-order valence-corrected chi connectivity index (χ2v) is 5.02. The standard InChI is InChI=1S/C16H14N4O3/c1-10(21)19(11(2)22)12-7-8-15(16(23)9-12)20-17-13-5-3-4-6-14(13)18-20/h3-9,23H,1-2H3. The number of amides is 2. The molecular formula is C16H14N4O3. The van der Waals surface area contributed by atoms with Crippen LogP contribution in [0, 0.1) is 0 Å². The van der Waals surface area contributed by atoms with Crippen molar-refractivity contribution in [2.75, 3.05) is 4.90 Å². The molecule has 0 saturated heterocycles. The van der Waals surface area contributed by atoms with Gasteiger partial charge in [0.1, 0.15) is 22.5 Å². The van der Waals surface area contributed by atoms with Crippen LogP contribution in [-0.2, 0) is 9.59 Å². The molecule has 2 amide bonds. The minimum atomic E-state index is -0.424. The van der Waals surface area contributed by atoms with E-state index < -0.39 is 11.8 Å². The van der Waals surface area contributed by atoms with E-state index in [-0.39, 0.29) is 5.75 Å². The van der Waals surface area contributed by atoms with Crippen molar-refractivity contribution in [3.8, 4) is 11.4 Å². The molecule has 0 spiro atoms. The molecule has 0 bridgehead atoms. The Hall–Kier alpha value is -3.22. The first kappa shape index (κ1) is 14.7. The van der Waals surface area contributed by atoms with Crippen LogP contribution < -0.4 is 4.90 Å². The highest BCUT2D eigenvalue weighted by Gasteiger charge is 2.18. The summed E-state index contributed by atoms with van der Waals surface area (Å²) in [6.45, 7) is 2.57. The molecule has 1 aromatic heterocycles. The van der Waals surface area contributed by atoms with Crippen LogP contribution in [0.5, 0.6) is 5.75 Å². The number of anilines is 1. The molecule has 1 N–H and O–H groups in total. The Morgan fingerprint density at radius 3 is 2.04 bits per heavy atom. The molecule has 23 heavy (non-hydrogen) atoms. The highest BCUT2D eigenvalue weighted by molar-refractivity contribution is 6.13. The number of aromatic hydroxyl groups is 1. The first-order valence-corrected chi connectivity index (χ1v) is 6.94. The van der Waals surface area contributed by atoms with E-state index in [1.54, 1.807) is 12.1 Å². The van der Waals surface area contributed by atoms with Crippen molar-refractivity contribution in [1.29, 1.82) is 0 Å². The van der Waals surface area contributed by atoms with Gasteiger partial charge in [-0.05, 0) is 24.3 Å². The molecule has 0 aliphatic carbocycles. The lowest BCUT2D eigenvalue weighted by atomic mass is 10.2. The van der Waals surface area contributed by atoms with E-state index in [0.29, 0.717) is 22.4 Å². The highest BCUT2D eigenvalue weighted by atomic mass is 16.3. The number of rotatable bonds is 2. The quantitative estimate of drug-likeness (QED) is 0.782. The van der Waals surface area contributed by atoms with Crippen LogP contribution in [0.2, 0.25) is 0 Å². The van der Waals surface area contributed by atoms with Gasteiger partial charge in [0.25, 0.3) is 0 Å². The van der Waals surface area contributed by atoms with Crippen LogP contribution in [0.1, 0.15) is 13.8 Å². The minimum Gasteiger partial charge on any atom is -0.506 e. The van der Waals surface area contributed by atoms with Gasteiger partial charge in [-0.1, -0.05) is 12.1 Å². The molecule has 0 unspecified atom stereocenters. The number of fused-ring (bicyclic) bond motifs is 1. The second-order valence-electron chi connectivity index (χ2n) is 5.02. The first-order valence-electron chi connectivity index (χ1n) is 6.94. The van der Waals surface area contributed by atoms with Gasteiger partial charge in [-0.15, -0.1) is 15.0 Å². The second kappa shape index (κ2) is 5.53. The van der Waals surface area contributed by atoms with E-state index in [1.165, 1.54) is 24.7 Å². The van der Waals surface area contributed by atoms with Crippen LogP contribution in [0.3, 0.4) is 0 Å². The Balaban J connectivity index is 2.05. The van der Waals surface area contributed by atoms with Crippen LogP contribution >= 0.6 is 0 Å². The predicted molar refractivity (Wildman–Crippen MR) is 84.4 cm³/mol.